The van der Waals surface area contributed by atoms with E-state index in [0.29, 0.717) is 31.4 Å². The third kappa shape index (κ3) is 4.29. The van der Waals surface area contributed by atoms with Crippen LogP contribution >= 0.6 is 11.3 Å². The number of hydrogen-bond acceptors (Lipinski definition) is 6. The van der Waals surface area contributed by atoms with Crippen LogP contribution in [-0.4, -0.2) is 56.6 Å². The van der Waals surface area contributed by atoms with E-state index in [2.05, 4.69) is 4.98 Å². The van der Waals surface area contributed by atoms with Crippen LogP contribution in [0.3, 0.4) is 0 Å². The molecule has 0 aliphatic carbocycles. The highest BCUT2D eigenvalue weighted by molar-refractivity contribution is 7.13. The number of aromatic nitrogens is 1. The molecular weight excluding hydrogens is 244 g/mol. The predicted octanol–water partition coefficient (Wildman–Crippen LogP) is 0.941. The predicted molar refractivity (Wildman–Crippen MR) is 65.0 cm³/mol. The number of rotatable bonds is 8. The van der Waals surface area contributed by atoms with Gasteiger partial charge in [0.05, 0.1) is 13.2 Å². The molecule has 1 rings (SSSR count). The van der Waals surface area contributed by atoms with Crippen molar-refractivity contribution in [3.05, 3.63) is 11.1 Å². The van der Waals surface area contributed by atoms with Crippen molar-refractivity contribution in [3.63, 3.8) is 0 Å². The van der Waals surface area contributed by atoms with E-state index in [0.717, 1.165) is 0 Å². The molecule has 1 aromatic rings. The van der Waals surface area contributed by atoms with Crippen LogP contribution < -0.4 is 4.90 Å². The molecule has 0 spiro atoms. The molecular formula is C10H16N2O4S. The summed E-state index contributed by atoms with van der Waals surface area (Å²) in [5.41, 5.74) is 0.0739. The summed E-state index contributed by atoms with van der Waals surface area (Å²) < 4.78 is 10.0. The molecule has 0 radical (unpaired) electrons. The zero-order valence-electron chi connectivity index (χ0n) is 9.88. The second-order valence-corrected chi connectivity index (χ2v) is 4.13. The van der Waals surface area contributed by atoms with Crippen molar-refractivity contribution in [3.8, 4) is 0 Å². The monoisotopic (exact) mass is 260 g/mol. The number of ether oxygens (including phenoxy) is 2. The van der Waals surface area contributed by atoms with Crippen molar-refractivity contribution >= 4 is 22.4 Å². The summed E-state index contributed by atoms with van der Waals surface area (Å²) in [5, 5.41) is 11.0. The molecule has 0 fully saturated rings. The molecule has 1 heterocycles. The second kappa shape index (κ2) is 7.21. The van der Waals surface area contributed by atoms with Crippen LogP contribution in [-0.2, 0) is 9.47 Å². The van der Waals surface area contributed by atoms with Gasteiger partial charge < -0.3 is 19.5 Å². The standard InChI is InChI=1S/C10H16N2O4S/c1-15-5-3-12(4-6-16-2)10-11-8(7-17-10)9(13)14/h7H,3-6H2,1-2H3,(H,13,14). The van der Waals surface area contributed by atoms with Crippen LogP contribution in [0.5, 0.6) is 0 Å². The summed E-state index contributed by atoms with van der Waals surface area (Å²) in [4.78, 5) is 16.7. The lowest BCUT2D eigenvalue weighted by Crippen LogP contribution is -2.30. The number of aromatic carboxylic acids is 1. The van der Waals surface area contributed by atoms with Crippen LogP contribution in [0.4, 0.5) is 5.13 Å². The van der Waals surface area contributed by atoms with Gasteiger partial charge in [-0.1, -0.05) is 0 Å². The first kappa shape index (κ1) is 13.9. The molecule has 0 amide bonds. The first-order valence-corrected chi connectivity index (χ1v) is 5.98. The zero-order valence-corrected chi connectivity index (χ0v) is 10.7. The molecule has 0 saturated carbocycles. The lowest BCUT2D eigenvalue weighted by Gasteiger charge is -2.20. The van der Waals surface area contributed by atoms with E-state index in [-0.39, 0.29) is 5.69 Å². The summed E-state index contributed by atoms with van der Waals surface area (Å²) in [6.07, 6.45) is 0. The Morgan fingerprint density at radius 2 is 2.00 bits per heavy atom. The molecule has 6 nitrogen and oxygen atoms in total. The smallest absolute Gasteiger partial charge is 0.355 e. The number of thiazole rings is 1. The van der Waals surface area contributed by atoms with Gasteiger partial charge >= 0.3 is 5.97 Å². The van der Waals surface area contributed by atoms with E-state index < -0.39 is 5.97 Å². The van der Waals surface area contributed by atoms with Gasteiger partial charge in [-0.05, 0) is 0 Å². The highest BCUT2D eigenvalue weighted by Gasteiger charge is 2.14. The lowest BCUT2D eigenvalue weighted by atomic mass is 10.5. The first-order chi connectivity index (χ1) is 8.19. The Kier molecular flexibility index (Phi) is 5.88. The fourth-order valence-electron chi connectivity index (χ4n) is 1.21. The number of carbonyl (C=O) groups is 1. The van der Waals surface area contributed by atoms with Crippen LogP contribution in [0.2, 0.25) is 0 Å². The van der Waals surface area contributed by atoms with Crippen LogP contribution in [0.1, 0.15) is 10.5 Å². The summed E-state index contributed by atoms with van der Waals surface area (Å²) in [7, 11) is 3.25. The van der Waals surface area contributed by atoms with Crippen LogP contribution in [0.15, 0.2) is 5.38 Å². The summed E-state index contributed by atoms with van der Waals surface area (Å²) in [6.45, 7) is 2.44. The van der Waals surface area contributed by atoms with Gasteiger partial charge in [0.15, 0.2) is 10.8 Å². The Hall–Kier alpha value is -1.18. The summed E-state index contributed by atoms with van der Waals surface area (Å²) >= 11 is 1.31. The van der Waals surface area contributed by atoms with Crippen molar-refractivity contribution in [2.75, 3.05) is 45.4 Å². The van der Waals surface area contributed by atoms with E-state index in [9.17, 15) is 4.79 Å². The molecule has 0 bridgehead atoms. The molecule has 96 valence electrons. The molecule has 17 heavy (non-hydrogen) atoms. The maximum Gasteiger partial charge on any atom is 0.355 e. The Morgan fingerprint density at radius 3 is 2.41 bits per heavy atom. The van der Waals surface area contributed by atoms with Gasteiger partial charge in [0, 0.05) is 32.7 Å². The van der Waals surface area contributed by atoms with Gasteiger partial charge in [-0.15, -0.1) is 11.3 Å². The van der Waals surface area contributed by atoms with Gasteiger partial charge in [-0.25, -0.2) is 9.78 Å². The number of nitrogens with zero attached hydrogens (tertiary/aromatic N) is 2. The zero-order chi connectivity index (χ0) is 12.7. The number of hydrogen-bond donors (Lipinski definition) is 1. The SMILES string of the molecule is COCCN(CCOC)c1nc(C(=O)O)cs1. The number of carboxylic acid groups (broad SMARTS) is 1. The third-order valence-corrected chi connectivity index (χ3v) is 3.01. The normalized spacial score (nSPS) is 10.5. The van der Waals surface area contributed by atoms with Gasteiger partial charge in [0.2, 0.25) is 0 Å². The molecule has 1 N–H and O–H groups in total. The largest absolute Gasteiger partial charge is 0.476 e. The summed E-state index contributed by atoms with van der Waals surface area (Å²) in [5.74, 6) is -1.01. The molecule has 0 atom stereocenters. The topological polar surface area (TPSA) is 71.9 Å². The average molecular weight is 260 g/mol. The van der Waals surface area contributed by atoms with E-state index in [1.807, 2.05) is 4.90 Å². The van der Waals surface area contributed by atoms with E-state index in [1.54, 1.807) is 14.2 Å². The van der Waals surface area contributed by atoms with Gasteiger partial charge in [0.1, 0.15) is 0 Å². The minimum Gasteiger partial charge on any atom is -0.476 e. The van der Waals surface area contributed by atoms with E-state index >= 15 is 0 Å². The maximum absolute atomic E-state index is 10.7. The molecule has 0 unspecified atom stereocenters. The number of anilines is 1. The third-order valence-electron chi connectivity index (χ3n) is 2.11. The summed E-state index contributed by atoms with van der Waals surface area (Å²) in [6, 6.07) is 0. The van der Waals surface area contributed by atoms with Gasteiger partial charge in [-0.2, -0.15) is 0 Å². The van der Waals surface area contributed by atoms with Gasteiger partial charge in [-0.3, -0.25) is 0 Å². The molecule has 0 aromatic carbocycles. The Morgan fingerprint density at radius 1 is 1.41 bits per heavy atom. The average Bonchev–Trinajstić information content (AvgIpc) is 2.79. The van der Waals surface area contributed by atoms with Gasteiger partial charge in [0.25, 0.3) is 0 Å². The quantitative estimate of drug-likeness (QED) is 0.750. The fraction of sp³-hybridized carbons (Fsp3) is 0.600. The molecule has 0 saturated heterocycles. The molecule has 1 aromatic heterocycles. The maximum atomic E-state index is 10.7. The Labute approximate surface area is 104 Å². The Bertz CT molecular complexity index is 348. The fourth-order valence-corrected chi connectivity index (χ4v) is 2.07. The lowest BCUT2D eigenvalue weighted by molar-refractivity contribution is 0.0691. The van der Waals surface area contributed by atoms with E-state index in [4.69, 9.17) is 14.6 Å². The highest BCUT2D eigenvalue weighted by Crippen LogP contribution is 2.20. The second-order valence-electron chi connectivity index (χ2n) is 3.29. The minimum absolute atomic E-state index is 0.0739. The van der Waals surface area contributed by atoms with Crippen molar-refractivity contribution in [1.82, 2.24) is 4.98 Å². The highest BCUT2D eigenvalue weighted by atomic mass is 32.1. The van der Waals surface area contributed by atoms with Crippen LogP contribution in [0.25, 0.3) is 0 Å². The van der Waals surface area contributed by atoms with Crippen molar-refractivity contribution < 1.29 is 19.4 Å². The van der Waals surface area contributed by atoms with Crippen molar-refractivity contribution in [2.24, 2.45) is 0 Å². The Balaban J connectivity index is 2.68. The molecule has 0 aliphatic heterocycles. The first-order valence-electron chi connectivity index (χ1n) is 5.10. The minimum atomic E-state index is -1.01. The number of methoxy groups -OCH3 is 2. The van der Waals surface area contributed by atoms with Crippen LogP contribution in [0, 0.1) is 0 Å². The van der Waals surface area contributed by atoms with Crippen molar-refractivity contribution in [1.29, 1.82) is 0 Å². The van der Waals surface area contributed by atoms with E-state index in [1.165, 1.54) is 16.7 Å². The molecule has 7 heteroatoms. The molecule has 0 aliphatic rings. The number of carboxylic acids is 1. The van der Waals surface area contributed by atoms with Crippen molar-refractivity contribution in [2.45, 2.75) is 0 Å².